The fourth-order valence-corrected chi connectivity index (χ4v) is 4.43. The summed E-state index contributed by atoms with van der Waals surface area (Å²) in [7, 11) is 0. The number of hydrogen-bond acceptors (Lipinski definition) is 5. The number of benzene rings is 1. The average Bonchev–Trinajstić information content (AvgIpc) is 3.32. The maximum absolute atomic E-state index is 13.1. The van der Waals surface area contributed by atoms with Crippen LogP contribution in [0.25, 0.3) is 0 Å². The topological polar surface area (TPSA) is 58.1 Å². The van der Waals surface area contributed by atoms with E-state index in [4.69, 9.17) is 4.98 Å². The first kappa shape index (κ1) is 19.5. The van der Waals surface area contributed by atoms with E-state index in [1.165, 1.54) is 12.1 Å². The van der Waals surface area contributed by atoms with Gasteiger partial charge in [-0.3, -0.25) is 9.78 Å². The van der Waals surface area contributed by atoms with Gasteiger partial charge < -0.3 is 10.2 Å². The Morgan fingerprint density at radius 1 is 1.21 bits per heavy atom. The zero-order valence-corrected chi connectivity index (χ0v) is 17.3. The Hall–Kier alpha value is -2.80. The van der Waals surface area contributed by atoms with Crippen LogP contribution >= 0.6 is 11.3 Å². The fraction of sp³-hybridized carbons (Fsp3) is 0.318. The lowest BCUT2D eigenvalue weighted by atomic mass is 10.1. The van der Waals surface area contributed by atoms with E-state index in [0.29, 0.717) is 0 Å². The number of amides is 1. The van der Waals surface area contributed by atoms with Crippen LogP contribution in [0.4, 0.5) is 15.2 Å². The fourth-order valence-electron chi connectivity index (χ4n) is 3.72. The van der Waals surface area contributed by atoms with Crippen LogP contribution in [0.5, 0.6) is 0 Å². The smallest absolute Gasteiger partial charge is 0.227 e. The number of likely N-dealkylation sites (tertiary alicyclic amines) is 1. The highest BCUT2D eigenvalue weighted by Gasteiger charge is 2.31. The minimum atomic E-state index is -0.292. The van der Waals surface area contributed by atoms with E-state index >= 15 is 0 Å². The van der Waals surface area contributed by atoms with Crippen molar-refractivity contribution in [2.24, 2.45) is 0 Å². The third kappa shape index (κ3) is 4.62. The number of hydrogen-bond donors (Lipinski definition) is 1. The Morgan fingerprint density at radius 3 is 2.72 bits per heavy atom. The van der Waals surface area contributed by atoms with Gasteiger partial charge in [-0.15, -0.1) is 11.3 Å². The third-order valence-electron chi connectivity index (χ3n) is 5.03. The molecule has 0 spiro atoms. The summed E-state index contributed by atoms with van der Waals surface area (Å²) in [5, 5.41) is 6.19. The molecule has 1 fully saturated rings. The summed E-state index contributed by atoms with van der Waals surface area (Å²) in [6, 6.07) is 10.1. The van der Waals surface area contributed by atoms with Crippen molar-refractivity contribution >= 4 is 28.1 Å². The highest BCUT2D eigenvalue weighted by atomic mass is 32.1. The molecule has 0 bridgehead atoms. The van der Waals surface area contributed by atoms with Gasteiger partial charge in [-0.25, -0.2) is 9.37 Å². The molecule has 1 aliphatic rings. The molecule has 5 nitrogen and oxygen atoms in total. The summed E-state index contributed by atoms with van der Waals surface area (Å²) >= 11 is 1.56. The number of carbonyl (C=O) groups is 1. The molecular weight excluding hydrogens is 387 g/mol. The van der Waals surface area contributed by atoms with Crippen LogP contribution in [0.15, 0.2) is 41.8 Å². The summed E-state index contributed by atoms with van der Waals surface area (Å²) in [5.74, 6) is -0.243. The second-order valence-electron chi connectivity index (χ2n) is 7.39. The van der Waals surface area contributed by atoms with Crippen molar-refractivity contribution in [1.82, 2.24) is 14.9 Å². The van der Waals surface area contributed by atoms with Crippen molar-refractivity contribution < 1.29 is 9.18 Å². The first-order valence-electron chi connectivity index (χ1n) is 9.69. The van der Waals surface area contributed by atoms with E-state index in [9.17, 15) is 9.18 Å². The molecule has 1 atom stereocenters. The number of rotatable bonds is 5. The van der Waals surface area contributed by atoms with Gasteiger partial charge >= 0.3 is 0 Å². The second kappa shape index (κ2) is 8.29. The minimum absolute atomic E-state index is 0.0403. The standard InChI is InChI=1S/C22H23FN4OS/c1-14-10-18(26-22-25-15(2)13-29-22)12-19(24-14)20-4-3-9-27(20)21(28)11-16-5-7-17(23)8-6-16/h5-8,10,12-13,20H,3-4,9,11H2,1-2H3,(H,24,25,26)/t20-/m0/s1. The second-order valence-corrected chi connectivity index (χ2v) is 8.25. The average molecular weight is 411 g/mol. The zero-order chi connectivity index (χ0) is 20.4. The highest BCUT2D eigenvalue weighted by molar-refractivity contribution is 7.13. The van der Waals surface area contributed by atoms with Gasteiger partial charge in [-0.05, 0) is 56.5 Å². The van der Waals surface area contributed by atoms with Gasteiger partial charge in [0.2, 0.25) is 5.91 Å². The first-order valence-corrected chi connectivity index (χ1v) is 10.6. The normalized spacial score (nSPS) is 16.2. The van der Waals surface area contributed by atoms with Crippen LogP contribution in [0.3, 0.4) is 0 Å². The van der Waals surface area contributed by atoms with Crippen molar-refractivity contribution in [1.29, 1.82) is 0 Å². The van der Waals surface area contributed by atoms with E-state index < -0.39 is 0 Å². The molecule has 1 saturated heterocycles. The van der Waals surface area contributed by atoms with E-state index in [1.807, 2.05) is 36.3 Å². The summed E-state index contributed by atoms with van der Waals surface area (Å²) < 4.78 is 13.1. The maximum atomic E-state index is 13.1. The molecule has 7 heteroatoms. The van der Waals surface area contributed by atoms with Gasteiger partial charge in [0.25, 0.3) is 0 Å². The molecule has 29 heavy (non-hydrogen) atoms. The Labute approximate surface area is 173 Å². The van der Waals surface area contributed by atoms with Crippen LogP contribution in [0.2, 0.25) is 0 Å². The van der Waals surface area contributed by atoms with E-state index in [1.54, 1.807) is 23.5 Å². The zero-order valence-electron chi connectivity index (χ0n) is 16.5. The van der Waals surface area contributed by atoms with Crippen molar-refractivity contribution in [2.75, 3.05) is 11.9 Å². The number of aromatic nitrogens is 2. The van der Waals surface area contributed by atoms with E-state index in [2.05, 4.69) is 10.3 Å². The van der Waals surface area contributed by atoms with E-state index in [0.717, 1.165) is 52.9 Å². The lowest BCUT2D eigenvalue weighted by molar-refractivity contribution is -0.131. The van der Waals surface area contributed by atoms with Crippen LogP contribution in [-0.4, -0.2) is 27.3 Å². The number of nitrogens with zero attached hydrogens (tertiary/aromatic N) is 3. The van der Waals surface area contributed by atoms with Gasteiger partial charge in [-0.2, -0.15) is 0 Å². The quantitative estimate of drug-likeness (QED) is 0.647. The summed E-state index contributed by atoms with van der Waals surface area (Å²) in [5.41, 5.74) is 4.53. The number of nitrogens with one attached hydrogen (secondary N) is 1. The van der Waals surface area contributed by atoms with Crippen molar-refractivity contribution in [3.8, 4) is 0 Å². The van der Waals surface area contributed by atoms with Crippen LogP contribution in [0.1, 0.15) is 41.5 Å². The van der Waals surface area contributed by atoms with Crippen molar-refractivity contribution in [3.05, 3.63) is 70.2 Å². The van der Waals surface area contributed by atoms with Gasteiger partial charge in [0.1, 0.15) is 5.82 Å². The lowest BCUT2D eigenvalue weighted by Crippen LogP contribution is -2.32. The predicted octanol–water partition coefficient (Wildman–Crippen LogP) is 4.94. The Kier molecular flexibility index (Phi) is 5.58. The predicted molar refractivity (Wildman–Crippen MR) is 113 cm³/mol. The number of anilines is 2. The Balaban J connectivity index is 1.53. The third-order valence-corrected chi connectivity index (χ3v) is 5.90. The molecule has 150 valence electrons. The van der Waals surface area contributed by atoms with Gasteiger partial charge in [0.05, 0.1) is 23.9 Å². The van der Waals surface area contributed by atoms with Gasteiger partial charge in [0, 0.05) is 23.3 Å². The number of halogens is 1. The molecule has 3 heterocycles. The number of pyridine rings is 1. The molecule has 1 aromatic carbocycles. The van der Waals surface area contributed by atoms with Crippen molar-refractivity contribution in [3.63, 3.8) is 0 Å². The van der Waals surface area contributed by atoms with Crippen molar-refractivity contribution in [2.45, 2.75) is 39.2 Å². The molecule has 1 aliphatic heterocycles. The first-order chi connectivity index (χ1) is 14.0. The minimum Gasteiger partial charge on any atom is -0.334 e. The number of carbonyl (C=O) groups excluding carboxylic acids is 1. The maximum Gasteiger partial charge on any atom is 0.227 e. The molecule has 0 unspecified atom stereocenters. The molecule has 0 aliphatic carbocycles. The Morgan fingerprint density at radius 2 is 2.00 bits per heavy atom. The largest absolute Gasteiger partial charge is 0.334 e. The highest BCUT2D eigenvalue weighted by Crippen LogP contribution is 2.33. The van der Waals surface area contributed by atoms with E-state index in [-0.39, 0.29) is 24.2 Å². The number of aryl methyl sites for hydroxylation is 2. The monoisotopic (exact) mass is 410 g/mol. The molecule has 0 saturated carbocycles. The summed E-state index contributed by atoms with van der Waals surface area (Å²) in [6.07, 6.45) is 2.11. The molecule has 4 rings (SSSR count). The van der Waals surface area contributed by atoms with Crippen LogP contribution in [-0.2, 0) is 11.2 Å². The van der Waals surface area contributed by atoms with Gasteiger partial charge in [0.15, 0.2) is 5.13 Å². The molecule has 2 aromatic heterocycles. The molecular formula is C22H23FN4OS. The molecule has 0 radical (unpaired) electrons. The molecule has 3 aromatic rings. The Bertz CT molecular complexity index is 1020. The van der Waals surface area contributed by atoms with Crippen LogP contribution < -0.4 is 5.32 Å². The molecule has 1 N–H and O–H groups in total. The molecule has 1 amide bonds. The number of thiazole rings is 1. The lowest BCUT2D eigenvalue weighted by Gasteiger charge is -2.25. The SMILES string of the molecule is Cc1cc(Nc2nc(C)cs2)cc([C@@H]2CCCN2C(=O)Cc2ccc(F)cc2)n1. The van der Waals surface area contributed by atoms with Gasteiger partial charge in [-0.1, -0.05) is 12.1 Å². The van der Waals surface area contributed by atoms with Crippen LogP contribution in [0, 0.1) is 19.7 Å². The summed E-state index contributed by atoms with van der Waals surface area (Å²) in [6.45, 7) is 4.64. The summed E-state index contributed by atoms with van der Waals surface area (Å²) in [4.78, 5) is 24.0.